The van der Waals surface area contributed by atoms with E-state index in [-0.39, 0.29) is 6.10 Å². The smallest absolute Gasteiger partial charge is 0.0708 e. The van der Waals surface area contributed by atoms with Crippen LogP contribution in [0.1, 0.15) is 6.92 Å². The molecule has 1 N–H and O–H groups in total. The van der Waals surface area contributed by atoms with Crippen LogP contribution in [-0.2, 0) is 6.54 Å². The second-order valence-electron chi connectivity index (χ2n) is 3.67. The molecule has 78 valence electrons. The van der Waals surface area contributed by atoms with Crippen molar-refractivity contribution in [3.8, 4) is 11.1 Å². The molecule has 0 amide bonds. The third-order valence-corrected chi connectivity index (χ3v) is 2.19. The summed E-state index contributed by atoms with van der Waals surface area (Å²) in [6, 6.07) is 10.1. The number of rotatable bonds is 3. The minimum absolute atomic E-state index is 0.367. The lowest BCUT2D eigenvalue weighted by Gasteiger charge is -2.02. The predicted octanol–water partition coefficient (Wildman–Crippen LogP) is 1.93. The number of hydrogen-bond donors (Lipinski definition) is 1. The van der Waals surface area contributed by atoms with Gasteiger partial charge in [-0.05, 0) is 12.5 Å². The molecule has 2 aromatic rings. The number of nitrogens with zero attached hydrogens (tertiary/aromatic N) is 2. The van der Waals surface area contributed by atoms with Crippen LogP contribution in [-0.4, -0.2) is 21.0 Å². The summed E-state index contributed by atoms with van der Waals surface area (Å²) >= 11 is 0. The van der Waals surface area contributed by atoms with Crippen LogP contribution in [0.2, 0.25) is 0 Å². The highest BCUT2D eigenvalue weighted by molar-refractivity contribution is 5.61. The van der Waals surface area contributed by atoms with Crippen LogP contribution in [0.4, 0.5) is 0 Å². The van der Waals surface area contributed by atoms with E-state index in [1.807, 2.05) is 42.7 Å². The first-order valence-electron chi connectivity index (χ1n) is 5.01. The molecule has 1 atom stereocenters. The molecule has 0 bridgehead atoms. The molecule has 1 heterocycles. The Morgan fingerprint density at radius 1 is 1.27 bits per heavy atom. The first-order chi connectivity index (χ1) is 7.25. The zero-order valence-corrected chi connectivity index (χ0v) is 8.67. The lowest BCUT2D eigenvalue weighted by molar-refractivity contribution is 0.168. The predicted molar refractivity (Wildman–Crippen MR) is 59.3 cm³/mol. The minimum Gasteiger partial charge on any atom is -0.391 e. The number of benzene rings is 1. The van der Waals surface area contributed by atoms with E-state index < -0.39 is 0 Å². The normalized spacial score (nSPS) is 12.7. The van der Waals surface area contributed by atoms with Crippen molar-refractivity contribution in [2.45, 2.75) is 19.6 Å². The van der Waals surface area contributed by atoms with Crippen molar-refractivity contribution < 1.29 is 5.11 Å². The monoisotopic (exact) mass is 202 g/mol. The maximum absolute atomic E-state index is 9.22. The van der Waals surface area contributed by atoms with Crippen molar-refractivity contribution in [1.29, 1.82) is 0 Å². The molecule has 0 radical (unpaired) electrons. The Kier molecular flexibility index (Phi) is 2.83. The van der Waals surface area contributed by atoms with Crippen molar-refractivity contribution in [2.24, 2.45) is 0 Å². The fourth-order valence-corrected chi connectivity index (χ4v) is 1.51. The summed E-state index contributed by atoms with van der Waals surface area (Å²) in [5, 5.41) is 13.4. The van der Waals surface area contributed by atoms with E-state index in [4.69, 9.17) is 0 Å². The molecule has 2 rings (SSSR count). The zero-order valence-electron chi connectivity index (χ0n) is 8.67. The van der Waals surface area contributed by atoms with E-state index in [2.05, 4.69) is 5.10 Å². The summed E-state index contributed by atoms with van der Waals surface area (Å²) in [5.41, 5.74) is 2.23. The van der Waals surface area contributed by atoms with Crippen LogP contribution >= 0.6 is 0 Å². The van der Waals surface area contributed by atoms with Gasteiger partial charge in [-0.25, -0.2) is 0 Å². The van der Waals surface area contributed by atoms with E-state index in [1.165, 1.54) is 0 Å². The van der Waals surface area contributed by atoms with Crippen molar-refractivity contribution in [3.63, 3.8) is 0 Å². The topological polar surface area (TPSA) is 38.0 Å². The molecule has 0 unspecified atom stereocenters. The Bertz CT molecular complexity index is 420. The van der Waals surface area contributed by atoms with Crippen LogP contribution in [0.5, 0.6) is 0 Å². The van der Waals surface area contributed by atoms with Gasteiger partial charge in [0.2, 0.25) is 0 Å². The molecule has 0 saturated heterocycles. The Balaban J connectivity index is 2.21. The second kappa shape index (κ2) is 4.28. The second-order valence-corrected chi connectivity index (χ2v) is 3.67. The van der Waals surface area contributed by atoms with Crippen LogP contribution in [0.3, 0.4) is 0 Å². The summed E-state index contributed by atoms with van der Waals surface area (Å²) in [5.74, 6) is 0. The van der Waals surface area contributed by atoms with Gasteiger partial charge in [0.25, 0.3) is 0 Å². The highest BCUT2D eigenvalue weighted by Gasteiger charge is 2.02. The van der Waals surface area contributed by atoms with Gasteiger partial charge in [-0.15, -0.1) is 0 Å². The van der Waals surface area contributed by atoms with Crippen molar-refractivity contribution in [3.05, 3.63) is 42.7 Å². The van der Waals surface area contributed by atoms with E-state index in [0.717, 1.165) is 11.1 Å². The van der Waals surface area contributed by atoms with Crippen molar-refractivity contribution in [1.82, 2.24) is 9.78 Å². The van der Waals surface area contributed by atoms with Gasteiger partial charge < -0.3 is 5.11 Å². The number of aromatic nitrogens is 2. The third kappa shape index (κ3) is 2.44. The Morgan fingerprint density at radius 3 is 2.67 bits per heavy atom. The van der Waals surface area contributed by atoms with Crippen molar-refractivity contribution in [2.75, 3.05) is 0 Å². The molecule has 3 nitrogen and oxygen atoms in total. The average Bonchev–Trinajstić information content (AvgIpc) is 2.67. The maximum Gasteiger partial charge on any atom is 0.0708 e. The fourth-order valence-electron chi connectivity index (χ4n) is 1.51. The molecular weight excluding hydrogens is 188 g/mol. The largest absolute Gasteiger partial charge is 0.391 e. The quantitative estimate of drug-likeness (QED) is 0.825. The number of hydrogen-bond acceptors (Lipinski definition) is 2. The summed E-state index contributed by atoms with van der Waals surface area (Å²) in [6.07, 6.45) is 3.40. The minimum atomic E-state index is -0.367. The molecule has 3 heteroatoms. The van der Waals surface area contributed by atoms with Crippen LogP contribution in [0, 0.1) is 0 Å². The molecule has 0 aliphatic rings. The molecule has 0 saturated carbocycles. The van der Waals surface area contributed by atoms with Gasteiger partial charge in [0, 0.05) is 11.8 Å². The molecule has 0 aliphatic heterocycles. The van der Waals surface area contributed by atoms with Gasteiger partial charge in [-0.2, -0.15) is 5.10 Å². The maximum atomic E-state index is 9.22. The number of aliphatic hydroxyl groups is 1. The van der Waals surface area contributed by atoms with Crippen LogP contribution < -0.4 is 0 Å². The molecule has 0 fully saturated rings. The third-order valence-electron chi connectivity index (χ3n) is 2.19. The van der Waals surface area contributed by atoms with Gasteiger partial charge in [0.15, 0.2) is 0 Å². The standard InChI is InChI=1S/C12H14N2O/c1-10(15)8-14-9-12(7-13-14)11-5-3-2-4-6-11/h2-7,9-10,15H,8H2,1H3/t10-/m1/s1. The van der Waals surface area contributed by atoms with Gasteiger partial charge >= 0.3 is 0 Å². The van der Waals surface area contributed by atoms with E-state index >= 15 is 0 Å². The first-order valence-corrected chi connectivity index (χ1v) is 5.01. The first kappa shape index (κ1) is 9.93. The SMILES string of the molecule is C[C@@H](O)Cn1cc(-c2ccccc2)cn1. The molecular formula is C12H14N2O. The van der Waals surface area contributed by atoms with Crippen molar-refractivity contribution >= 4 is 0 Å². The van der Waals surface area contributed by atoms with Crippen LogP contribution in [0.15, 0.2) is 42.7 Å². The average molecular weight is 202 g/mol. The summed E-state index contributed by atoms with van der Waals surface area (Å²) in [7, 11) is 0. The Morgan fingerprint density at radius 2 is 2.00 bits per heavy atom. The van der Waals surface area contributed by atoms with Gasteiger partial charge in [0.1, 0.15) is 0 Å². The summed E-state index contributed by atoms with van der Waals surface area (Å²) in [6.45, 7) is 2.29. The molecule has 1 aromatic heterocycles. The lowest BCUT2D eigenvalue weighted by atomic mass is 10.1. The van der Waals surface area contributed by atoms with Gasteiger partial charge in [-0.3, -0.25) is 4.68 Å². The highest BCUT2D eigenvalue weighted by Crippen LogP contribution is 2.17. The fraction of sp³-hybridized carbons (Fsp3) is 0.250. The Hall–Kier alpha value is -1.61. The van der Waals surface area contributed by atoms with E-state index in [9.17, 15) is 5.11 Å². The zero-order chi connectivity index (χ0) is 10.7. The van der Waals surface area contributed by atoms with Crippen LogP contribution in [0.25, 0.3) is 11.1 Å². The number of aliphatic hydroxyl groups excluding tert-OH is 1. The van der Waals surface area contributed by atoms with E-state index in [1.54, 1.807) is 11.6 Å². The van der Waals surface area contributed by atoms with Gasteiger partial charge in [0.05, 0.1) is 18.8 Å². The van der Waals surface area contributed by atoms with Gasteiger partial charge in [-0.1, -0.05) is 30.3 Å². The molecule has 0 aliphatic carbocycles. The molecule has 1 aromatic carbocycles. The van der Waals surface area contributed by atoms with E-state index in [0.29, 0.717) is 6.54 Å². The highest BCUT2D eigenvalue weighted by atomic mass is 16.3. The lowest BCUT2D eigenvalue weighted by Crippen LogP contribution is -2.11. The molecule has 15 heavy (non-hydrogen) atoms. The summed E-state index contributed by atoms with van der Waals surface area (Å²) in [4.78, 5) is 0. The molecule has 0 spiro atoms. The summed E-state index contributed by atoms with van der Waals surface area (Å²) < 4.78 is 1.76. The Labute approximate surface area is 89.0 Å².